The zero-order valence-corrected chi connectivity index (χ0v) is 13.8. The number of benzene rings is 1. The lowest BCUT2D eigenvalue weighted by Gasteiger charge is -2.38. The van der Waals surface area contributed by atoms with E-state index in [0.717, 1.165) is 39.1 Å². The third kappa shape index (κ3) is 3.59. The minimum Gasteiger partial charge on any atom is -0.495 e. The number of nitrogen functional groups attached to an aromatic ring is 1. The first-order valence-corrected chi connectivity index (χ1v) is 8.04. The average Bonchev–Trinajstić information content (AvgIpc) is 2.56. The summed E-state index contributed by atoms with van der Waals surface area (Å²) in [6.45, 7) is 9.29. The Morgan fingerprint density at radius 3 is 2.45 bits per heavy atom. The number of hydrogen-bond donors (Lipinski definition) is 1. The summed E-state index contributed by atoms with van der Waals surface area (Å²) in [5, 5.41) is 0. The van der Waals surface area contributed by atoms with Gasteiger partial charge in [0.05, 0.1) is 18.8 Å². The summed E-state index contributed by atoms with van der Waals surface area (Å²) in [4.78, 5) is 17.5. The molecule has 5 heteroatoms. The van der Waals surface area contributed by atoms with Gasteiger partial charge in [-0.3, -0.25) is 9.69 Å². The Bertz CT molecular complexity index is 511. The van der Waals surface area contributed by atoms with Gasteiger partial charge in [0, 0.05) is 31.7 Å². The van der Waals surface area contributed by atoms with Crippen LogP contribution < -0.4 is 10.5 Å². The van der Waals surface area contributed by atoms with Crippen LogP contribution in [0.3, 0.4) is 0 Å². The number of methoxy groups -OCH3 is 1. The van der Waals surface area contributed by atoms with E-state index < -0.39 is 0 Å². The smallest absolute Gasteiger partial charge is 0.180 e. The second-order valence-electron chi connectivity index (χ2n) is 5.72. The molecule has 1 atom stereocenters. The van der Waals surface area contributed by atoms with Gasteiger partial charge in [0.2, 0.25) is 0 Å². The van der Waals surface area contributed by atoms with E-state index in [9.17, 15) is 4.79 Å². The van der Waals surface area contributed by atoms with E-state index >= 15 is 0 Å². The lowest BCUT2D eigenvalue weighted by atomic mass is 9.99. The van der Waals surface area contributed by atoms with Crippen LogP contribution in [-0.2, 0) is 0 Å². The average molecular weight is 305 g/mol. The van der Waals surface area contributed by atoms with E-state index in [1.165, 1.54) is 0 Å². The SMILES string of the molecule is CCC(C(=O)c1ccc(OC)c(N)c1)N1CCN(CC)CC1. The first kappa shape index (κ1) is 16.8. The van der Waals surface area contributed by atoms with Gasteiger partial charge in [-0.15, -0.1) is 0 Å². The van der Waals surface area contributed by atoms with Crippen LogP contribution in [0.4, 0.5) is 5.69 Å². The molecule has 122 valence electrons. The summed E-state index contributed by atoms with van der Waals surface area (Å²) >= 11 is 0. The molecule has 2 rings (SSSR count). The number of likely N-dealkylation sites (N-methyl/N-ethyl adjacent to an activating group) is 1. The first-order valence-electron chi connectivity index (χ1n) is 8.04. The van der Waals surface area contributed by atoms with Gasteiger partial charge in [-0.25, -0.2) is 0 Å². The molecule has 1 fully saturated rings. The number of rotatable bonds is 6. The number of Topliss-reactive ketones (excluding diaryl/α,β-unsaturated/α-hetero) is 1. The monoisotopic (exact) mass is 305 g/mol. The molecule has 2 N–H and O–H groups in total. The van der Waals surface area contributed by atoms with E-state index in [1.54, 1.807) is 19.2 Å². The number of ketones is 1. The molecule has 1 saturated heterocycles. The van der Waals surface area contributed by atoms with Crippen LogP contribution in [0.15, 0.2) is 18.2 Å². The molecular formula is C17H27N3O2. The van der Waals surface area contributed by atoms with E-state index in [4.69, 9.17) is 10.5 Å². The Labute approximate surface area is 133 Å². The van der Waals surface area contributed by atoms with Gasteiger partial charge < -0.3 is 15.4 Å². The topological polar surface area (TPSA) is 58.8 Å². The second kappa shape index (κ2) is 7.61. The number of anilines is 1. The largest absolute Gasteiger partial charge is 0.495 e. The molecule has 0 amide bonds. The standard InChI is InChI=1S/C17H27N3O2/c1-4-15(20-10-8-19(5-2)9-11-20)17(21)13-6-7-16(22-3)14(18)12-13/h6-7,12,15H,4-5,8-11,18H2,1-3H3. The minimum atomic E-state index is -0.0631. The van der Waals surface area contributed by atoms with Gasteiger partial charge in [0.25, 0.3) is 0 Å². The van der Waals surface area contributed by atoms with E-state index in [2.05, 4.69) is 23.6 Å². The van der Waals surface area contributed by atoms with E-state index in [-0.39, 0.29) is 11.8 Å². The molecule has 22 heavy (non-hydrogen) atoms. The quantitative estimate of drug-likeness (QED) is 0.642. The number of nitrogens with two attached hydrogens (primary N) is 1. The highest BCUT2D eigenvalue weighted by Gasteiger charge is 2.28. The summed E-state index contributed by atoms with van der Waals surface area (Å²) in [5.74, 6) is 0.767. The highest BCUT2D eigenvalue weighted by molar-refractivity contribution is 6.01. The fourth-order valence-corrected chi connectivity index (χ4v) is 3.08. The highest BCUT2D eigenvalue weighted by Crippen LogP contribution is 2.24. The molecule has 1 heterocycles. The highest BCUT2D eigenvalue weighted by atomic mass is 16.5. The van der Waals surface area contributed by atoms with Gasteiger partial charge in [-0.1, -0.05) is 13.8 Å². The molecule has 1 aliphatic heterocycles. The van der Waals surface area contributed by atoms with E-state index in [1.807, 2.05) is 6.07 Å². The molecule has 0 radical (unpaired) electrons. The van der Waals surface area contributed by atoms with Crippen LogP contribution in [0.2, 0.25) is 0 Å². The normalized spacial score (nSPS) is 18.1. The molecule has 1 unspecified atom stereocenters. The maximum Gasteiger partial charge on any atom is 0.180 e. The van der Waals surface area contributed by atoms with Crippen molar-refractivity contribution in [1.82, 2.24) is 9.80 Å². The summed E-state index contributed by atoms with van der Waals surface area (Å²) < 4.78 is 5.15. The molecule has 0 aliphatic carbocycles. The third-order valence-electron chi connectivity index (χ3n) is 4.50. The molecule has 0 bridgehead atoms. The van der Waals surface area contributed by atoms with Gasteiger partial charge >= 0.3 is 0 Å². The second-order valence-corrected chi connectivity index (χ2v) is 5.72. The summed E-state index contributed by atoms with van der Waals surface area (Å²) in [5.41, 5.74) is 7.11. The van der Waals surface area contributed by atoms with Crippen molar-refractivity contribution in [3.8, 4) is 5.75 Å². The van der Waals surface area contributed by atoms with Crippen molar-refractivity contribution in [2.45, 2.75) is 26.3 Å². The number of carbonyl (C=O) groups excluding carboxylic acids is 1. The Morgan fingerprint density at radius 1 is 1.27 bits per heavy atom. The molecule has 1 aliphatic rings. The van der Waals surface area contributed by atoms with Crippen molar-refractivity contribution in [2.75, 3.05) is 45.6 Å². The lowest BCUT2D eigenvalue weighted by Crippen LogP contribution is -2.52. The molecular weight excluding hydrogens is 278 g/mol. The van der Waals surface area contributed by atoms with Gasteiger partial charge in [0.1, 0.15) is 5.75 Å². The molecule has 0 spiro atoms. The van der Waals surface area contributed by atoms with Gasteiger partial charge in [-0.2, -0.15) is 0 Å². The molecule has 0 saturated carbocycles. The summed E-state index contributed by atoms with van der Waals surface area (Å²) in [6.07, 6.45) is 0.816. The van der Waals surface area contributed by atoms with Crippen LogP contribution in [0.5, 0.6) is 5.75 Å². The van der Waals surface area contributed by atoms with E-state index in [0.29, 0.717) is 17.0 Å². The summed E-state index contributed by atoms with van der Waals surface area (Å²) in [7, 11) is 1.58. The third-order valence-corrected chi connectivity index (χ3v) is 4.50. The summed E-state index contributed by atoms with van der Waals surface area (Å²) in [6, 6.07) is 5.24. The van der Waals surface area contributed by atoms with Crippen molar-refractivity contribution in [3.63, 3.8) is 0 Å². The van der Waals surface area contributed by atoms with Crippen LogP contribution in [0.25, 0.3) is 0 Å². The molecule has 1 aromatic rings. The van der Waals surface area contributed by atoms with Gasteiger partial charge in [0.15, 0.2) is 5.78 Å². The van der Waals surface area contributed by atoms with Crippen LogP contribution in [-0.4, -0.2) is 61.5 Å². The van der Waals surface area contributed by atoms with Crippen LogP contribution >= 0.6 is 0 Å². The van der Waals surface area contributed by atoms with Crippen LogP contribution in [0.1, 0.15) is 30.6 Å². The maximum absolute atomic E-state index is 12.8. The minimum absolute atomic E-state index is 0.0631. The van der Waals surface area contributed by atoms with Crippen molar-refractivity contribution < 1.29 is 9.53 Å². The lowest BCUT2D eigenvalue weighted by molar-refractivity contribution is 0.0668. The Morgan fingerprint density at radius 2 is 1.95 bits per heavy atom. The van der Waals surface area contributed by atoms with Crippen LogP contribution in [0, 0.1) is 0 Å². The number of hydrogen-bond acceptors (Lipinski definition) is 5. The van der Waals surface area contributed by atoms with Crippen molar-refractivity contribution >= 4 is 11.5 Å². The Kier molecular flexibility index (Phi) is 5.80. The molecule has 5 nitrogen and oxygen atoms in total. The predicted molar refractivity (Wildman–Crippen MR) is 89.5 cm³/mol. The Hall–Kier alpha value is -1.59. The zero-order chi connectivity index (χ0) is 16.1. The molecule has 1 aromatic carbocycles. The maximum atomic E-state index is 12.8. The van der Waals surface area contributed by atoms with Gasteiger partial charge in [-0.05, 0) is 31.2 Å². The van der Waals surface area contributed by atoms with Crippen molar-refractivity contribution in [1.29, 1.82) is 0 Å². The molecule has 0 aromatic heterocycles. The number of carbonyl (C=O) groups is 1. The first-order chi connectivity index (χ1) is 10.6. The predicted octanol–water partition coefficient (Wildman–Crippen LogP) is 1.88. The fourth-order valence-electron chi connectivity index (χ4n) is 3.08. The number of nitrogens with zero attached hydrogens (tertiary/aromatic N) is 2. The van der Waals surface area contributed by atoms with Crippen molar-refractivity contribution in [3.05, 3.63) is 23.8 Å². The zero-order valence-electron chi connectivity index (χ0n) is 13.8. The Balaban J connectivity index is 2.10. The number of piperazine rings is 1. The van der Waals surface area contributed by atoms with Crippen molar-refractivity contribution in [2.24, 2.45) is 0 Å². The number of ether oxygens (including phenoxy) is 1. The fraction of sp³-hybridized carbons (Fsp3) is 0.588.